The van der Waals surface area contributed by atoms with Crippen LogP contribution < -0.4 is 16.0 Å². The number of benzene rings is 2. The third-order valence-electron chi connectivity index (χ3n) is 4.82. The largest absolute Gasteiger partial charge is 0.439 e. The number of aliphatic hydroxyl groups excluding tert-OH is 1. The van der Waals surface area contributed by atoms with Gasteiger partial charge in [0.05, 0.1) is 6.61 Å². The van der Waals surface area contributed by atoms with Gasteiger partial charge >= 0.3 is 5.76 Å². The van der Waals surface area contributed by atoms with Crippen molar-refractivity contribution in [3.05, 3.63) is 64.4 Å². The second kappa shape index (κ2) is 8.88. The Balaban J connectivity index is 1.45. The zero-order chi connectivity index (χ0) is 23.7. The average molecular weight is 464 g/mol. The molecule has 1 aliphatic rings. The van der Waals surface area contributed by atoms with Crippen LogP contribution in [0, 0.1) is 17.5 Å². The summed E-state index contributed by atoms with van der Waals surface area (Å²) in [4.78, 5) is 39.4. The molecule has 1 fully saturated rings. The number of amides is 2. The molecule has 1 aromatic heterocycles. The number of H-pyrrole nitrogens is 1. The van der Waals surface area contributed by atoms with Gasteiger partial charge in [0.2, 0.25) is 0 Å². The summed E-state index contributed by atoms with van der Waals surface area (Å²) in [7, 11) is 0. The molecule has 2 unspecified atom stereocenters. The van der Waals surface area contributed by atoms with Crippen molar-refractivity contribution in [2.75, 3.05) is 23.4 Å². The fourth-order valence-corrected chi connectivity index (χ4v) is 3.21. The van der Waals surface area contributed by atoms with E-state index in [9.17, 15) is 32.7 Å². The molecule has 2 heterocycles. The molecule has 0 bridgehead atoms. The van der Waals surface area contributed by atoms with Gasteiger partial charge in [-0.1, -0.05) is 5.16 Å². The van der Waals surface area contributed by atoms with Gasteiger partial charge in [-0.3, -0.25) is 19.1 Å². The first-order valence-corrected chi connectivity index (χ1v) is 9.47. The van der Waals surface area contributed by atoms with Crippen LogP contribution in [-0.2, 0) is 14.3 Å². The molecule has 1 aliphatic heterocycles. The number of carbonyl (C=O) groups excluding carboxylic acids is 2. The molecule has 3 aromatic rings. The predicted molar refractivity (Wildman–Crippen MR) is 106 cm³/mol. The van der Waals surface area contributed by atoms with E-state index >= 15 is 0 Å². The van der Waals surface area contributed by atoms with E-state index in [1.54, 1.807) is 0 Å². The van der Waals surface area contributed by atoms with Crippen molar-refractivity contribution in [1.29, 1.82) is 0 Å². The molecular formula is C20H15F3N4O6. The van der Waals surface area contributed by atoms with Gasteiger partial charge in [-0.15, -0.1) is 0 Å². The van der Waals surface area contributed by atoms with Gasteiger partial charge in [-0.25, -0.2) is 18.0 Å². The lowest BCUT2D eigenvalue weighted by Gasteiger charge is -2.34. The number of aromatic amines is 1. The summed E-state index contributed by atoms with van der Waals surface area (Å²) < 4.78 is 50.0. The van der Waals surface area contributed by atoms with Gasteiger partial charge < -0.3 is 20.1 Å². The topological polar surface area (TPSA) is 138 Å². The highest BCUT2D eigenvalue weighted by Gasteiger charge is 2.39. The zero-order valence-electron chi connectivity index (χ0n) is 16.5. The molecule has 0 aliphatic carbocycles. The summed E-state index contributed by atoms with van der Waals surface area (Å²) in [6.07, 6.45) is -3.61. The fraction of sp³-hybridized carbons (Fsp3) is 0.200. The number of aromatic nitrogens is 2. The Morgan fingerprint density at radius 2 is 1.85 bits per heavy atom. The quantitative estimate of drug-likeness (QED) is 0.482. The maximum absolute atomic E-state index is 13.6. The van der Waals surface area contributed by atoms with Crippen LogP contribution in [0.4, 0.5) is 24.5 Å². The molecule has 0 saturated carbocycles. The highest BCUT2D eigenvalue weighted by molar-refractivity contribution is 6.03. The minimum Gasteiger partial charge on any atom is -0.380 e. The Bertz CT molecular complexity index is 1240. The highest BCUT2D eigenvalue weighted by Crippen LogP contribution is 2.25. The first-order chi connectivity index (χ1) is 15.7. The molecule has 2 atom stereocenters. The average Bonchev–Trinajstić information content (AvgIpc) is 3.23. The normalized spacial score (nSPS) is 17.2. The van der Waals surface area contributed by atoms with Crippen LogP contribution >= 0.6 is 0 Å². The smallest absolute Gasteiger partial charge is 0.380 e. The molecule has 33 heavy (non-hydrogen) atoms. The number of rotatable bonds is 5. The second-order valence-electron chi connectivity index (χ2n) is 6.96. The van der Waals surface area contributed by atoms with E-state index in [2.05, 4.69) is 20.0 Å². The first kappa shape index (κ1) is 22.2. The number of aliphatic hydroxyl groups is 1. The van der Waals surface area contributed by atoms with E-state index in [0.717, 1.165) is 4.90 Å². The van der Waals surface area contributed by atoms with Crippen LogP contribution in [0.1, 0.15) is 0 Å². The molecule has 3 N–H and O–H groups in total. The summed E-state index contributed by atoms with van der Waals surface area (Å²) in [5, 5.41) is 16.3. The molecule has 0 radical (unpaired) electrons. The minimum absolute atomic E-state index is 0.125. The van der Waals surface area contributed by atoms with Crippen molar-refractivity contribution >= 4 is 23.2 Å². The summed E-state index contributed by atoms with van der Waals surface area (Å²) in [5.41, 5.74) is 0.454. The number of nitrogens with one attached hydrogen (secondary N) is 2. The van der Waals surface area contributed by atoms with Gasteiger partial charge in [0.25, 0.3) is 11.8 Å². The number of morpholine rings is 1. The second-order valence-corrected chi connectivity index (χ2v) is 6.96. The molecule has 10 nitrogen and oxygen atoms in total. The number of anilines is 2. The molecule has 0 spiro atoms. The SMILES string of the molecule is O=C(Nc1ccc(-c2noc(=O)[nH]2)cc1)C(O)C1OCCN(c2cc(F)c(F)c(F)c2)C1=O. The molecular weight excluding hydrogens is 449 g/mol. The third kappa shape index (κ3) is 4.49. The Labute approximate surface area is 182 Å². The highest BCUT2D eigenvalue weighted by atomic mass is 19.2. The Kier molecular flexibility index (Phi) is 5.98. The number of halogens is 3. The maximum Gasteiger partial charge on any atom is 0.439 e. The number of carbonyl (C=O) groups is 2. The van der Waals surface area contributed by atoms with E-state index in [1.165, 1.54) is 24.3 Å². The predicted octanol–water partition coefficient (Wildman–Crippen LogP) is 1.18. The van der Waals surface area contributed by atoms with Gasteiger partial charge in [0.1, 0.15) is 0 Å². The Morgan fingerprint density at radius 1 is 1.18 bits per heavy atom. The fourth-order valence-electron chi connectivity index (χ4n) is 3.21. The van der Waals surface area contributed by atoms with Crippen LogP contribution in [-0.4, -0.2) is 52.4 Å². The van der Waals surface area contributed by atoms with Gasteiger partial charge in [0, 0.05) is 35.6 Å². The van der Waals surface area contributed by atoms with E-state index in [-0.39, 0.29) is 30.4 Å². The van der Waals surface area contributed by atoms with Crippen molar-refractivity contribution in [3.8, 4) is 11.4 Å². The lowest BCUT2D eigenvalue weighted by molar-refractivity contribution is -0.150. The van der Waals surface area contributed by atoms with Crippen molar-refractivity contribution in [2.45, 2.75) is 12.2 Å². The van der Waals surface area contributed by atoms with Crippen LogP contribution in [0.5, 0.6) is 0 Å². The van der Waals surface area contributed by atoms with Crippen molar-refractivity contribution in [1.82, 2.24) is 10.1 Å². The zero-order valence-corrected chi connectivity index (χ0v) is 16.5. The molecule has 2 aromatic carbocycles. The van der Waals surface area contributed by atoms with Crippen molar-refractivity contribution in [3.63, 3.8) is 0 Å². The minimum atomic E-state index is -1.96. The van der Waals surface area contributed by atoms with E-state index in [0.29, 0.717) is 17.7 Å². The number of hydrogen-bond donors (Lipinski definition) is 3. The number of nitrogens with zero attached hydrogens (tertiary/aromatic N) is 2. The summed E-state index contributed by atoms with van der Waals surface area (Å²) >= 11 is 0. The summed E-state index contributed by atoms with van der Waals surface area (Å²) in [5.74, 6) is -7.13. The molecule has 4 rings (SSSR count). The van der Waals surface area contributed by atoms with Gasteiger partial charge in [0.15, 0.2) is 35.5 Å². The number of ether oxygens (including phenoxy) is 1. The lowest BCUT2D eigenvalue weighted by atomic mass is 10.1. The monoisotopic (exact) mass is 464 g/mol. The molecule has 13 heteroatoms. The van der Waals surface area contributed by atoms with Gasteiger partial charge in [-0.05, 0) is 24.3 Å². The number of hydrogen-bond acceptors (Lipinski definition) is 7. The van der Waals surface area contributed by atoms with Crippen LogP contribution in [0.3, 0.4) is 0 Å². The Hall–Kier alpha value is -3.97. The third-order valence-corrected chi connectivity index (χ3v) is 4.82. The molecule has 1 saturated heterocycles. The van der Waals surface area contributed by atoms with E-state index < -0.39 is 47.2 Å². The molecule has 172 valence electrons. The van der Waals surface area contributed by atoms with E-state index in [1.807, 2.05) is 0 Å². The van der Waals surface area contributed by atoms with E-state index in [4.69, 9.17) is 4.74 Å². The standard InChI is InChI=1S/C20H15F3N4O6/c21-12-7-11(8-13(22)14(12)23)27-5-6-32-16(19(27)30)15(28)18(29)24-10-3-1-9(2-4-10)17-25-20(31)33-26-17/h1-4,7-8,15-16,28H,5-6H2,(H,24,29)(H,25,26,31). The summed E-state index contributed by atoms with van der Waals surface area (Å²) in [6, 6.07) is 7.19. The van der Waals surface area contributed by atoms with Crippen LogP contribution in [0.25, 0.3) is 11.4 Å². The van der Waals surface area contributed by atoms with Crippen molar-refractivity contribution < 1.29 is 37.1 Å². The summed E-state index contributed by atoms with van der Waals surface area (Å²) in [6.45, 7) is -0.272. The van der Waals surface area contributed by atoms with Crippen LogP contribution in [0.2, 0.25) is 0 Å². The Morgan fingerprint density at radius 3 is 2.45 bits per heavy atom. The maximum atomic E-state index is 13.6. The first-order valence-electron chi connectivity index (χ1n) is 9.47. The molecule has 2 amide bonds. The lowest BCUT2D eigenvalue weighted by Crippen LogP contribution is -2.55. The van der Waals surface area contributed by atoms with Gasteiger partial charge in [-0.2, -0.15) is 0 Å². The van der Waals surface area contributed by atoms with Crippen LogP contribution in [0.15, 0.2) is 45.7 Å². The van der Waals surface area contributed by atoms with Crippen molar-refractivity contribution in [2.24, 2.45) is 0 Å².